The molecule has 2 saturated heterocycles. The molecule has 25 heavy (non-hydrogen) atoms. The molecule has 0 spiro atoms. The Bertz CT molecular complexity index is 651. The number of benzene rings is 1. The third kappa shape index (κ3) is 3.63. The van der Waals surface area contributed by atoms with Gasteiger partial charge in [-0.05, 0) is 31.2 Å². The summed E-state index contributed by atoms with van der Waals surface area (Å²) < 4.78 is 16.0. The van der Waals surface area contributed by atoms with Crippen LogP contribution in [0.3, 0.4) is 0 Å². The normalized spacial score (nSPS) is 19.4. The monoisotopic (exact) mass is 349 g/mol. The number of amides is 2. The van der Waals surface area contributed by atoms with Crippen LogP contribution in [0.1, 0.15) is 16.8 Å². The van der Waals surface area contributed by atoms with Gasteiger partial charge in [0.25, 0.3) is 5.91 Å². The van der Waals surface area contributed by atoms with Gasteiger partial charge in [0, 0.05) is 25.2 Å². The largest absolute Gasteiger partial charge is 0.493 e. The maximum Gasteiger partial charge on any atom is 0.410 e. The highest BCUT2D eigenvalue weighted by Crippen LogP contribution is 2.29. The van der Waals surface area contributed by atoms with E-state index in [1.807, 2.05) is 0 Å². The van der Waals surface area contributed by atoms with Crippen LogP contribution in [-0.2, 0) is 4.74 Å². The van der Waals surface area contributed by atoms with Crippen molar-refractivity contribution in [3.05, 3.63) is 23.8 Å². The second-order valence-corrected chi connectivity index (χ2v) is 6.03. The molecule has 2 fully saturated rings. The first kappa shape index (κ1) is 17.3. The molecular weight excluding hydrogens is 326 g/mol. The van der Waals surface area contributed by atoms with E-state index in [1.165, 1.54) is 0 Å². The summed E-state index contributed by atoms with van der Waals surface area (Å²) in [7, 11) is 1.56. The van der Waals surface area contributed by atoms with Crippen molar-refractivity contribution in [2.45, 2.75) is 12.5 Å². The number of nitrogens with zero attached hydrogens (tertiary/aromatic N) is 2. The van der Waals surface area contributed by atoms with Gasteiger partial charge in [0.2, 0.25) is 0 Å². The SMILES string of the molecule is COc1ccc(C(=O)N2CCN3C(=O)OCC3C2)cc1OCCCN. The highest BCUT2D eigenvalue weighted by Gasteiger charge is 2.38. The van der Waals surface area contributed by atoms with Crippen LogP contribution in [0.15, 0.2) is 18.2 Å². The summed E-state index contributed by atoms with van der Waals surface area (Å²) in [5.41, 5.74) is 6.01. The van der Waals surface area contributed by atoms with Gasteiger partial charge in [-0.1, -0.05) is 0 Å². The summed E-state index contributed by atoms with van der Waals surface area (Å²) in [4.78, 5) is 27.8. The fourth-order valence-electron chi connectivity index (χ4n) is 3.04. The van der Waals surface area contributed by atoms with E-state index in [0.29, 0.717) is 56.5 Å². The van der Waals surface area contributed by atoms with E-state index in [0.717, 1.165) is 6.42 Å². The Balaban J connectivity index is 1.71. The number of cyclic esters (lactones) is 1. The van der Waals surface area contributed by atoms with E-state index < -0.39 is 0 Å². The molecule has 0 radical (unpaired) electrons. The van der Waals surface area contributed by atoms with Crippen molar-refractivity contribution in [2.24, 2.45) is 5.73 Å². The van der Waals surface area contributed by atoms with E-state index in [4.69, 9.17) is 19.9 Å². The number of rotatable bonds is 6. The van der Waals surface area contributed by atoms with Gasteiger partial charge in [0.05, 0.1) is 19.8 Å². The first-order valence-electron chi connectivity index (χ1n) is 8.37. The standard InChI is InChI=1S/C17H23N3O5/c1-23-14-4-3-12(9-15(14)24-8-2-5-18)16(21)19-6-7-20-13(10-19)11-25-17(20)22/h3-4,9,13H,2,5-8,10-11,18H2,1H3. The zero-order valence-electron chi connectivity index (χ0n) is 14.3. The molecule has 1 unspecified atom stereocenters. The van der Waals surface area contributed by atoms with E-state index in [9.17, 15) is 9.59 Å². The van der Waals surface area contributed by atoms with E-state index in [1.54, 1.807) is 35.1 Å². The maximum atomic E-state index is 12.8. The quantitative estimate of drug-likeness (QED) is 0.760. The van der Waals surface area contributed by atoms with Crippen LogP contribution in [-0.4, -0.2) is 74.3 Å². The predicted octanol–water partition coefficient (Wildman–Crippen LogP) is 0.699. The van der Waals surface area contributed by atoms with E-state index >= 15 is 0 Å². The Morgan fingerprint density at radius 3 is 2.96 bits per heavy atom. The second-order valence-electron chi connectivity index (χ2n) is 6.03. The number of carbonyl (C=O) groups is 2. The summed E-state index contributed by atoms with van der Waals surface area (Å²) in [6.07, 6.45) is 0.427. The van der Waals surface area contributed by atoms with Crippen LogP contribution >= 0.6 is 0 Å². The van der Waals surface area contributed by atoms with E-state index in [-0.39, 0.29) is 18.0 Å². The molecule has 0 saturated carbocycles. The van der Waals surface area contributed by atoms with Crippen LogP contribution in [0.2, 0.25) is 0 Å². The van der Waals surface area contributed by atoms with Gasteiger partial charge in [0.15, 0.2) is 11.5 Å². The molecular formula is C17H23N3O5. The molecule has 2 N–H and O–H groups in total. The molecule has 0 bridgehead atoms. The third-order valence-electron chi connectivity index (χ3n) is 4.42. The van der Waals surface area contributed by atoms with Gasteiger partial charge >= 0.3 is 6.09 Å². The Labute approximate surface area is 146 Å². The number of carbonyl (C=O) groups excluding carboxylic acids is 2. The molecule has 2 aliphatic rings. The fraction of sp³-hybridized carbons (Fsp3) is 0.529. The molecule has 0 aromatic heterocycles. The van der Waals surface area contributed by atoms with Gasteiger partial charge < -0.3 is 24.8 Å². The number of methoxy groups -OCH3 is 1. The minimum Gasteiger partial charge on any atom is -0.493 e. The highest BCUT2D eigenvalue weighted by atomic mass is 16.6. The number of nitrogens with two attached hydrogens (primary N) is 1. The zero-order chi connectivity index (χ0) is 17.8. The molecule has 2 heterocycles. The molecule has 136 valence electrons. The molecule has 1 atom stereocenters. The molecule has 8 nitrogen and oxygen atoms in total. The molecule has 8 heteroatoms. The number of ether oxygens (including phenoxy) is 3. The second kappa shape index (κ2) is 7.60. The number of piperazine rings is 1. The van der Waals surface area contributed by atoms with Crippen molar-refractivity contribution in [1.82, 2.24) is 9.80 Å². The minimum absolute atomic E-state index is 0.0660. The average molecular weight is 349 g/mol. The van der Waals surface area contributed by atoms with Crippen molar-refractivity contribution in [2.75, 3.05) is 46.5 Å². The summed E-state index contributed by atoms with van der Waals surface area (Å²) in [6, 6.07) is 5.08. The number of hydrogen-bond acceptors (Lipinski definition) is 6. The van der Waals surface area contributed by atoms with Crippen LogP contribution in [0.25, 0.3) is 0 Å². The van der Waals surface area contributed by atoms with Gasteiger partial charge in [-0.25, -0.2) is 4.79 Å². The first-order chi connectivity index (χ1) is 12.1. The van der Waals surface area contributed by atoms with Crippen LogP contribution < -0.4 is 15.2 Å². The lowest BCUT2D eigenvalue weighted by Gasteiger charge is -2.35. The van der Waals surface area contributed by atoms with Gasteiger partial charge in [-0.2, -0.15) is 0 Å². The Morgan fingerprint density at radius 1 is 1.36 bits per heavy atom. The van der Waals surface area contributed by atoms with Crippen LogP contribution in [0.5, 0.6) is 11.5 Å². The third-order valence-corrected chi connectivity index (χ3v) is 4.42. The number of hydrogen-bond donors (Lipinski definition) is 1. The van der Waals surface area contributed by atoms with Crippen LogP contribution in [0.4, 0.5) is 4.79 Å². The van der Waals surface area contributed by atoms with E-state index in [2.05, 4.69) is 0 Å². The fourth-order valence-corrected chi connectivity index (χ4v) is 3.04. The van der Waals surface area contributed by atoms with Gasteiger partial charge in [-0.15, -0.1) is 0 Å². The maximum absolute atomic E-state index is 12.8. The molecule has 1 aromatic rings. The number of fused-ring (bicyclic) bond motifs is 1. The van der Waals surface area contributed by atoms with Crippen molar-refractivity contribution in [1.29, 1.82) is 0 Å². The molecule has 1 aromatic carbocycles. The van der Waals surface area contributed by atoms with Crippen LogP contribution in [0, 0.1) is 0 Å². The lowest BCUT2D eigenvalue weighted by atomic mass is 10.1. The lowest BCUT2D eigenvalue weighted by Crippen LogP contribution is -2.53. The molecule has 2 aliphatic heterocycles. The van der Waals surface area contributed by atoms with Crippen molar-refractivity contribution in [3.8, 4) is 11.5 Å². The van der Waals surface area contributed by atoms with Crippen molar-refractivity contribution in [3.63, 3.8) is 0 Å². The lowest BCUT2D eigenvalue weighted by molar-refractivity contribution is 0.0616. The predicted molar refractivity (Wildman–Crippen MR) is 89.9 cm³/mol. The Kier molecular flexibility index (Phi) is 5.28. The summed E-state index contributed by atoms with van der Waals surface area (Å²) in [6.45, 7) is 2.78. The van der Waals surface area contributed by atoms with Gasteiger partial charge in [0.1, 0.15) is 6.61 Å². The smallest absolute Gasteiger partial charge is 0.410 e. The topological polar surface area (TPSA) is 94.3 Å². The van der Waals surface area contributed by atoms with Gasteiger partial charge in [-0.3, -0.25) is 9.69 Å². The average Bonchev–Trinajstić information content (AvgIpc) is 3.01. The minimum atomic E-state index is -0.294. The molecule has 0 aliphatic carbocycles. The Morgan fingerprint density at radius 2 is 2.20 bits per heavy atom. The van der Waals surface area contributed by atoms with Crippen molar-refractivity contribution < 1.29 is 23.8 Å². The summed E-state index contributed by atoms with van der Waals surface area (Å²) in [5.74, 6) is 1.01. The zero-order valence-corrected chi connectivity index (χ0v) is 14.3. The Hall–Kier alpha value is -2.48. The highest BCUT2D eigenvalue weighted by molar-refractivity contribution is 5.95. The summed E-state index contributed by atoms with van der Waals surface area (Å²) in [5, 5.41) is 0. The molecule has 3 rings (SSSR count). The summed E-state index contributed by atoms with van der Waals surface area (Å²) >= 11 is 0. The molecule has 2 amide bonds. The first-order valence-corrected chi connectivity index (χ1v) is 8.37. The van der Waals surface area contributed by atoms with Crippen molar-refractivity contribution >= 4 is 12.0 Å².